The fourth-order valence-electron chi connectivity index (χ4n) is 2.88. The molecule has 27 heavy (non-hydrogen) atoms. The number of sulfonamides is 1. The van der Waals surface area contributed by atoms with Crippen LogP contribution in [0, 0.1) is 6.92 Å². The highest BCUT2D eigenvalue weighted by Crippen LogP contribution is 2.26. The first kappa shape index (κ1) is 18.6. The predicted octanol–water partition coefficient (Wildman–Crippen LogP) is 2.88. The number of hydrogen-bond donors (Lipinski definition) is 2. The van der Waals surface area contributed by atoms with Gasteiger partial charge >= 0.3 is 0 Å². The normalized spacial score (nSPS) is 11.1. The second-order valence-electron chi connectivity index (χ2n) is 6.11. The highest BCUT2D eigenvalue weighted by atomic mass is 32.2. The van der Waals surface area contributed by atoms with Crippen LogP contribution in [0.5, 0.6) is 0 Å². The van der Waals surface area contributed by atoms with Crippen molar-refractivity contribution in [2.24, 2.45) is 5.73 Å². The Morgan fingerprint density at radius 3 is 2.44 bits per heavy atom. The number of amides is 1. The van der Waals surface area contributed by atoms with E-state index in [0.29, 0.717) is 17.7 Å². The van der Waals surface area contributed by atoms with Crippen molar-refractivity contribution in [1.29, 1.82) is 0 Å². The second kappa shape index (κ2) is 7.59. The summed E-state index contributed by atoms with van der Waals surface area (Å²) in [6, 6.07) is 15.6. The minimum absolute atomic E-state index is 0.0440. The van der Waals surface area contributed by atoms with E-state index in [9.17, 15) is 13.2 Å². The van der Waals surface area contributed by atoms with E-state index in [0.717, 1.165) is 11.1 Å². The molecule has 0 saturated heterocycles. The molecule has 1 amide bonds. The minimum Gasteiger partial charge on any atom is -0.366 e. The lowest BCUT2D eigenvalue weighted by Crippen LogP contribution is -2.22. The Balaban J connectivity index is 2.12. The van der Waals surface area contributed by atoms with E-state index in [-0.39, 0.29) is 10.5 Å². The SMILES string of the molecule is Cc1ccccc1Cc1cccc(C(N)=O)c1S(=O)(=O)Nc1cccnc1. The standard InChI is InChI=1S/C20H19N3O3S/c1-14-6-2-3-7-15(14)12-16-8-4-10-18(20(21)24)19(16)27(25,26)23-17-9-5-11-22-13-17/h2-11,13,23H,12H2,1H3,(H2,21,24). The van der Waals surface area contributed by atoms with Gasteiger partial charge in [0.2, 0.25) is 5.91 Å². The molecule has 0 spiro atoms. The molecule has 0 atom stereocenters. The van der Waals surface area contributed by atoms with Crippen molar-refractivity contribution in [2.75, 3.05) is 4.72 Å². The average Bonchev–Trinajstić information content (AvgIpc) is 2.64. The Labute approximate surface area is 158 Å². The first-order valence-corrected chi connectivity index (χ1v) is 9.76. The molecule has 3 aromatic rings. The number of hydrogen-bond acceptors (Lipinski definition) is 4. The number of aromatic nitrogens is 1. The van der Waals surface area contributed by atoms with Gasteiger partial charge in [0.1, 0.15) is 4.90 Å². The van der Waals surface area contributed by atoms with Crippen LogP contribution in [0.3, 0.4) is 0 Å². The summed E-state index contributed by atoms with van der Waals surface area (Å²) in [6.45, 7) is 1.95. The summed E-state index contributed by atoms with van der Waals surface area (Å²) in [7, 11) is -4.04. The number of nitrogens with two attached hydrogens (primary N) is 1. The largest absolute Gasteiger partial charge is 0.366 e. The smallest absolute Gasteiger partial charge is 0.263 e. The van der Waals surface area contributed by atoms with Crippen LogP contribution < -0.4 is 10.5 Å². The van der Waals surface area contributed by atoms with Crippen LogP contribution in [-0.2, 0) is 16.4 Å². The Morgan fingerprint density at radius 1 is 1.04 bits per heavy atom. The number of aryl methyl sites for hydroxylation is 1. The van der Waals surface area contributed by atoms with Gasteiger partial charge in [0, 0.05) is 6.20 Å². The van der Waals surface area contributed by atoms with Crippen molar-refractivity contribution >= 4 is 21.6 Å². The van der Waals surface area contributed by atoms with Crippen molar-refractivity contribution in [3.05, 3.63) is 89.2 Å². The number of pyridine rings is 1. The Bertz CT molecular complexity index is 1080. The van der Waals surface area contributed by atoms with Gasteiger partial charge in [0.15, 0.2) is 0 Å². The van der Waals surface area contributed by atoms with Crippen LogP contribution in [0.4, 0.5) is 5.69 Å². The lowest BCUT2D eigenvalue weighted by atomic mass is 9.99. The van der Waals surface area contributed by atoms with E-state index in [2.05, 4.69) is 9.71 Å². The minimum atomic E-state index is -4.04. The molecule has 0 unspecified atom stereocenters. The molecular weight excluding hydrogens is 362 g/mol. The van der Waals surface area contributed by atoms with Crippen molar-refractivity contribution in [3.63, 3.8) is 0 Å². The quantitative estimate of drug-likeness (QED) is 0.685. The van der Waals surface area contributed by atoms with Crippen molar-refractivity contribution in [3.8, 4) is 0 Å². The molecule has 0 saturated carbocycles. The molecule has 0 aliphatic rings. The molecule has 0 aliphatic carbocycles. The number of anilines is 1. The molecule has 0 radical (unpaired) electrons. The third-order valence-electron chi connectivity index (χ3n) is 4.19. The van der Waals surface area contributed by atoms with E-state index in [1.54, 1.807) is 30.5 Å². The third-order valence-corrected chi connectivity index (χ3v) is 5.71. The first-order chi connectivity index (χ1) is 12.9. The molecular formula is C20H19N3O3S. The summed E-state index contributed by atoms with van der Waals surface area (Å²) in [5, 5.41) is 0. The summed E-state index contributed by atoms with van der Waals surface area (Å²) in [5.41, 5.74) is 8.21. The molecule has 3 N–H and O–H groups in total. The zero-order valence-corrected chi connectivity index (χ0v) is 15.5. The van der Waals surface area contributed by atoms with E-state index >= 15 is 0 Å². The Morgan fingerprint density at radius 2 is 1.78 bits per heavy atom. The summed E-state index contributed by atoms with van der Waals surface area (Å²) in [6.07, 6.45) is 3.29. The molecule has 1 aromatic heterocycles. The fraction of sp³-hybridized carbons (Fsp3) is 0.100. The van der Waals surface area contributed by atoms with Crippen molar-refractivity contribution in [2.45, 2.75) is 18.2 Å². The molecule has 0 aliphatic heterocycles. The van der Waals surface area contributed by atoms with E-state index in [1.165, 1.54) is 12.3 Å². The molecule has 1 heterocycles. The monoisotopic (exact) mass is 381 g/mol. The van der Waals surface area contributed by atoms with Gasteiger partial charge in [0.05, 0.1) is 17.4 Å². The van der Waals surface area contributed by atoms with Crippen molar-refractivity contribution in [1.82, 2.24) is 4.98 Å². The number of benzene rings is 2. The highest BCUT2D eigenvalue weighted by molar-refractivity contribution is 7.92. The predicted molar refractivity (Wildman–Crippen MR) is 104 cm³/mol. The van der Waals surface area contributed by atoms with Gasteiger partial charge in [-0.2, -0.15) is 0 Å². The molecule has 6 nitrogen and oxygen atoms in total. The maximum Gasteiger partial charge on any atom is 0.263 e. The summed E-state index contributed by atoms with van der Waals surface area (Å²) in [4.78, 5) is 15.7. The van der Waals surface area contributed by atoms with Gasteiger partial charge in [-0.3, -0.25) is 14.5 Å². The zero-order valence-electron chi connectivity index (χ0n) is 14.7. The van der Waals surface area contributed by atoms with E-state index in [1.807, 2.05) is 31.2 Å². The van der Waals surface area contributed by atoms with Crippen LogP contribution in [0.15, 0.2) is 71.9 Å². The number of nitrogens with one attached hydrogen (secondary N) is 1. The second-order valence-corrected chi connectivity index (χ2v) is 7.73. The zero-order chi connectivity index (χ0) is 19.4. The number of carbonyl (C=O) groups excluding carboxylic acids is 1. The lowest BCUT2D eigenvalue weighted by molar-refractivity contribution is 0.0997. The first-order valence-electron chi connectivity index (χ1n) is 8.27. The maximum absolute atomic E-state index is 13.1. The highest BCUT2D eigenvalue weighted by Gasteiger charge is 2.25. The number of nitrogens with zero attached hydrogens (tertiary/aromatic N) is 1. The Kier molecular flexibility index (Phi) is 5.23. The molecule has 3 rings (SSSR count). The number of carbonyl (C=O) groups is 1. The van der Waals surface area contributed by atoms with E-state index in [4.69, 9.17) is 5.73 Å². The summed E-state index contributed by atoms with van der Waals surface area (Å²) >= 11 is 0. The van der Waals surface area contributed by atoms with Crippen LogP contribution in [0.1, 0.15) is 27.0 Å². The summed E-state index contributed by atoms with van der Waals surface area (Å²) in [5.74, 6) is -0.798. The number of rotatable bonds is 6. The van der Waals surface area contributed by atoms with Gasteiger partial charge in [-0.1, -0.05) is 36.4 Å². The topological polar surface area (TPSA) is 102 Å². The molecule has 138 valence electrons. The molecule has 0 bridgehead atoms. The van der Waals surface area contributed by atoms with Gasteiger partial charge in [-0.15, -0.1) is 0 Å². The average molecular weight is 381 g/mol. The third kappa shape index (κ3) is 4.15. The van der Waals surface area contributed by atoms with Crippen LogP contribution in [0.25, 0.3) is 0 Å². The Hall–Kier alpha value is -3.19. The van der Waals surface area contributed by atoms with Crippen molar-refractivity contribution < 1.29 is 13.2 Å². The van der Waals surface area contributed by atoms with E-state index < -0.39 is 15.9 Å². The maximum atomic E-state index is 13.1. The fourth-order valence-corrected chi connectivity index (χ4v) is 4.35. The van der Waals surface area contributed by atoms with Gasteiger partial charge in [-0.05, 0) is 48.2 Å². The molecule has 0 fully saturated rings. The van der Waals surface area contributed by atoms with Gasteiger partial charge in [-0.25, -0.2) is 8.42 Å². The van der Waals surface area contributed by atoms with Crippen LogP contribution in [-0.4, -0.2) is 19.3 Å². The van der Waals surface area contributed by atoms with Gasteiger partial charge < -0.3 is 5.73 Å². The summed E-state index contributed by atoms with van der Waals surface area (Å²) < 4.78 is 28.6. The van der Waals surface area contributed by atoms with Crippen LogP contribution >= 0.6 is 0 Å². The van der Waals surface area contributed by atoms with Gasteiger partial charge in [0.25, 0.3) is 10.0 Å². The lowest BCUT2D eigenvalue weighted by Gasteiger charge is -2.16. The molecule has 2 aromatic carbocycles. The number of primary amides is 1. The molecule has 7 heteroatoms. The van der Waals surface area contributed by atoms with Crippen LogP contribution in [0.2, 0.25) is 0 Å².